The fraction of sp³-hybridized carbons (Fsp3) is 0.360. The minimum Gasteiger partial charge on any atom is -0.358 e. The number of Topliss-reactive ketones (excluding diaryl/α,β-unsaturated/α-hetero) is 1. The lowest BCUT2D eigenvalue weighted by Crippen LogP contribution is -2.42. The van der Waals surface area contributed by atoms with Gasteiger partial charge in [-0.2, -0.15) is 0 Å². The summed E-state index contributed by atoms with van der Waals surface area (Å²) < 4.78 is 13.7. The Morgan fingerprint density at radius 1 is 1.10 bits per heavy atom. The number of halogens is 1. The van der Waals surface area contributed by atoms with Crippen LogP contribution in [0.15, 0.2) is 48.5 Å². The Hall–Kier alpha value is -2.99. The highest BCUT2D eigenvalue weighted by atomic mass is 19.1. The quantitative estimate of drug-likeness (QED) is 0.569. The maximum Gasteiger partial charge on any atom is 0.223 e. The van der Waals surface area contributed by atoms with E-state index in [2.05, 4.69) is 15.2 Å². The summed E-state index contributed by atoms with van der Waals surface area (Å²) in [7, 11) is 0. The molecule has 2 heterocycles. The van der Waals surface area contributed by atoms with Crippen LogP contribution in [0.1, 0.15) is 34.5 Å². The molecule has 1 fully saturated rings. The molecule has 1 saturated heterocycles. The van der Waals surface area contributed by atoms with E-state index in [1.165, 1.54) is 6.07 Å². The number of fused-ring (bicyclic) bond motifs is 1. The molecule has 6 heteroatoms. The van der Waals surface area contributed by atoms with E-state index < -0.39 is 0 Å². The van der Waals surface area contributed by atoms with Crippen molar-refractivity contribution in [2.24, 2.45) is 5.92 Å². The fourth-order valence-corrected chi connectivity index (χ4v) is 4.44. The molecule has 0 aliphatic carbocycles. The molecule has 0 unspecified atom stereocenters. The first-order valence-electron chi connectivity index (χ1n) is 10.9. The molecule has 5 nitrogen and oxygen atoms in total. The largest absolute Gasteiger partial charge is 0.358 e. The summed E-state index contributed by atoms with van der Waals surface area (Å²) in [5.74, 6) is -0.153. The number of aromatic amines is 1. The van der Waals surface area contributed by atoms with Crippen molar-refractivity contribution in [1.82, 2.24) is 15.2 Å². The number of benzene rings is 2. The molecule has 2 aromatic carbocycles. The van der Waals surface area contributed by atoms with Crippen LogP contribution in [0, 0.1) is 18.7 Å². The second kappa shape index (κ2) is 9.43. The number of rotatable bonds is 7. The Kier molecular flexibility index (Phi) is 6.47. The number of H-pyrrole nitrogens is 1. The van der Waals surface area contributed by atoms with Crippen LogP contribution in [-0.4, -0.2) is 47.8 Å². The first kappa shape index (κ1) is 21.2. The van der Waals surface area contributed by atoms with Crippen LogP contribution in [0.3, 0.4) is 0 Å². The third-order valence-electron chi connectivity index (χ3n) is 6.15. The summed E-state index contributed by atoms with van der Waals surface area (Å²) in [6.45, 7) is 4.17. The van der Waals surface area contributed by atoms with Gasteiger partial charge < -0.3 is 10.3 Å². The van der Waals surface area contributed by atoms with Gasteiger partial charge in [0.1, 0.15) is 5.82 Å². The molecule has 3 aromatic rings. The van der Waals surface area contributed by atoms with E-state index in [1.807, 2.05) is 31.2 Å². The van der Waals surface area contributed by atoms with Gasteiger partial charge in [0.2, 0.25) is 5.91 Å². The zero-order chi connectivity index (χ0) is 21.8. The number of hydrogen-bond acceptors (Lipinski definition) is 3. The zero-order valence-corrected chi connectivity index (χ0v) is 17.8. The number of likely N-dealkylation sites (tertiary alicyclic amines) is 1. The number of nitrogens with one attached hydrogen (secondary N) is 2. The lowest BCUT2D eigenvalue weighted by Gasteiger charge is -2.30. The molecule has 1 aliphatic heterocycles. The van der Waals surface area contributed by atoms with Gasteiger partial charge in [0, 0.05) is 34.6 Å². The number of hydrogen-bond donors (Lipinski definition) is 2. The summed E-state index contributed by atoms with van der Waals surface area (Å²) in [6, 6.07) is 14.5. The number of ketones is 1. The second-order valence-corrected chi connectivity index (χ2v) is 8.28. The monoisotopic (exact) mass is 421 g/mol. The number of carbonyl (C=O) groups excluding carboxylic acids is 2. The topological polar surface area (TPSA) is 65.2 Å². The zero-order valence-electron chi connectivity index (χ0n) is 17.8. The van der Waals surface area contributed by atoms with Crippen LogP contribution in [-0.2, 0) is 11.2 Å². The number of para-hydroxylation sites is 1. The van der Waals surface area contributed by atoms with Gasteiger partial charge in [-0.25, -0.2) is 4.39 Å². The van der Waals surface area contributed by atoms with Gasteiger partial charge in [-0.05, 0) is 57.0 Å². The normalized spacial score (nSPS) is 15.3. The van der Waals surface area contributed by atoms with Gasteiger partial charge in [0.05, 0.1) is 6.54 Å². The predicted octanol–water partition coefficient (Wildman–Crippen LogP) is 3.87. The van der Waals surface area contributed by atoms with Crippen LogP contribution < -0.4 is 5.32 Å². The summed E-state index contributed by atoms with van der Waals surface area (Å²) in [5, 5.41) is 3.91. The van der Waals surface area contributed by atoms with E-state index in [1.54, 1.807) is 18.2 Å². The average Bonchev–Trinajstić information content (AvgIpc) is 3.11. The second-order valence-electron chi connectivity index (χ2n) is 8.28. The number of carbonyl (C=O) groups is 2. The molecular formula is C25H28FN3O2. The van der Waals surface area contributed by atoms with Gasteiger partial charge in [-0.1, -0.05) is 36.4 Å². The first-order valence-corrected chi connectivity index (χ1v) is 10.9. The molecule has 31 heavy (non-hydrogen) atoms. The van der Waals surface area contributed by atoms with E-state index in [-0.39, 0.29) is 23.4 Å². The maximum absolute atomic E-state index is 13.7. The van der Waals surface area contributed by atoms with Gasteiger partial charge in [0.15, 0.2) is 5.78 Å². The highest BCUT2D eigenvalue weighted by Gasteiger charge is 2.27. The van der Waals surface area contributed by atoms with Crippen molar-refractivity contribution in [3.8, 4) is 0 Å². The van der Waals surface area contributed by atoms with E-state index in [0.29, 0.717) is 25.1 Å². The molecule has 1 amide bonds. The molecule has 0 atom stereocenters. The van der Waals surface area contributed by atoms with E-state index in [9.17, 15) is 14.0 Å². The maximum atomic E-state index is 13.7. The number of amides is 1. The number of aromatic nitrogens is 1. The van der Waals surface area contributed by atoms with Crippen molar-refractivity contribution in [1.29, 1.82) is 0 Å². The van der Waals surface area contributed by atoms with E-state index in [0.717, 1.165) is 48.1 Å². The Bertz CT molecular complexity index is 1080. The van der Waals surface area contributed by atoms with Gasteiger partial charge in [-0.15, -0.1) is 0 Å². The lowest BCUT2D eigenvalue weighted by atomic mass is 9.95. The molecule has 4 rings (SSSR count). The molecular weight excluding hydrogens is 393 g/mol. The Morgan fingerprint density at radius 3 is 2.58 bits per heavy atom. The van der Waals surface area contributed by atoms with Gasteiger partial charge in [-0.3, -0.25) is 14.5 Å². The van der Waals surface area contributed by atoms with E-state index >= 15 is 0 Å². The third kappa shape index (κ3) is 4.85. The summed E-state index contributed by atoms with van der Waals surface area (Å²) in [4.78, 5) is 30.9. The van der Waals surface area contributed by atoms with Crippen LogP contribution in [0.4, 0.5) is 4.39 Å². The predicted molar refractivity (Wildman–Crippen MR) is 120 cm³/mol. The van der Waals surface area contributed by atoms with Crippen molar-refractivity contribution in [2.45, 2.75) is 26.2 Å². The standard InChI is InChI=1S/C25H28FN3O2/c1-17-24(20-7-3-5-9-22(20)28-17)23(30)16-29-14-11-19(12-15-29)25(31)27-13-10-18-6-2-4-8-21(18)26/h2-9,19,28H,10-16H2,1H3,(H,27,31). The van der Waals surface area contributed by atoms with E-state index in [4.69, 9.17) is 0 Å². The highest BCUT2D eigenvalue weighted by Crippen LogP contribution is 2.24. The molecule has 1 aliphatic rings. The Balaban J connectivity index is 1.25. The number of nitrogens with zero attached hydrogens (tertiary/aromatic N) is 1. The molecule has 2 N–H and O–H groups in total. The first-order chi connectivity index (χ1) is 15.0. The SMILES string of the molecule is Cc1[nH]c2ccccc2c1C(=O)CN1CCC(C(=O)NCCc2ccccc2F)CC1. The fourth-order valence-electron chi connectivity index (χ4n) is 4.44. The molecule has 162 valence electrons. The van der Waals surface area contributed by atoms with Crippen molar-refractivity contribution >= 4 is 22.6 Å². The summed E-state index contributed by atoms with van der Waals surface area (Å²) >= 11 is 0. The molecule has 0 saturated carbocycles. The molecule has 0 spiro atoms. The average molecular weight is 422 g/mol. The Morgan fingerprint density at radius 2 is 1.81 bits per heavy atom. The Labute approximate surface area is 181 Å². The molecule has 0 radical (unpaired) electrons. The van der Waals surface area contributed by atoms with Gasteiger partial charge >= 0.3 is 0 Å². The third-order valence-corrected chi connectivity index (χ3v) is 6.15. The molecule has 1 aromatic heterocycles. The van der Waals surface area contributed by atoms with Gasteiger partial charge in [0.25, 0.3) is 0 Å². The van der Waals surface area contributed by atoms with Crippen molar-refractivity contribution in [2.75, 3.05) is 26.2 Å². The molecule has 0 bridgehead atoms. The van der Waals surface area contributed by atoms with Crippen LogP contribution in [0.2, 0.25) is 0 Å². The minimum atomic E-state index is -0.236. The lowest BCUT2D eigenvalue weighted by molar-refractivity contribution is -0.126. The van der Waals surface area contributed by atoms with Crippen molar-refractivity contribution in [3.05, 3.63) is 71.2 Å². The smallest absolute Gasteiger partial charge is 0.223 e. The minimum absolute atomic E-state index is 0.0230. The van der Waals surface area contributed by atoms with Crippen LogP contribution >= 0.6 is 0 Å². The van der Waals surface area contributed by atoms with Crippen LogP contribution in [0.25, 0.3) is 10.9 Å². The number of aryl methyl sites for hydroxylation is 1. The highest BCUT2D eigenvalue weighted by molar-refractivity contribution is 6.10. The van der Waals surface area contributed by atoms with Crippen molar-refractivity contribution in [3.63, 3.8) is 0 Å². The van der Waals surface area contributed by atoms with Crippen molar-refractivity contribution < 1.29 is 14.0 Å². The van der Waals surface area contributed by atoms with Crippen LogP contribution in [0.5, 0.6) is 0 Å². The number of piperidine rings is 1. The summed E-state index contributed by atoms with van der Waals surface area (Å²) in [5.41, 5.74) is 3.26. The summed E-state index contributed by atoms with van der Waals surface area (Å²) in [6.07, 6.45) is 1.94.